The van der Waals surface area contributed by atoms with E-state index in [-0.39, 0.29) is 18.6 Å². The molecule has 0 heterocycles. The summed E-state index contributed by atoms with van der Waals surface area (Å²) in [6.45, 7) is 7.13. The maximum Gasteiger partial charge on any atom is 0.339 e. The number of benzene rings is 3. The van der Waals surface area contributed by atoms with Crippen LogP contribution >= 0.6 is 7.60 Å². The van der Waals surface area contributed by atoms with Crippen LogP contribution in [0.15, 0.2) is 60.7 Å². The molecule has 0 bridgehead atoms. The van der Waals surface area contributed by atoms with Crippen molar-refractivity contribution in [3.05, 3.63) is 99.6 Å². The molecule has 3 aromatic carbocycles. The largest absolute Gasteiger partial charge is 0.508 e. The number of hydrogen-bond acceptors (Lipinski definition) is 3. The number of aromatic hydroxyl groups is 1. The van der Waals surface area contributed by atoms with E-state index in [1.165, 1.54) is 0 Å². The molecule has 0 unspecified atom stereocenters. The standard InChI is InChI=1S/C28H33O5P/c1-5-28(6-2,34(31,32)33)27(30)24-14-19(3)25(20(4)15-24)18-22-12-13-26(29)23(17-22)16-21-10-8-7-9-11-21/h7-15,17,29H,5-6,16,18H2,1-4H3,(H2,31,32,33). The summed E-state index contributed by atoms with van der Waals surface area (Å²) < 4.78 is 12.3. The third-order valence-corrected chi connectivity index (χ3v) is 8.82. The molecular weight excluding hydrogens is 447 g/mol. The second-order valence-electron chi connectivity index (χ2n) is 9.00. The minimum Gasteiger partial charge on any atom is -0.508 e. The van der Waals surface area contributed by atoms with Crippen LogP contribution in [0, 0.1) is 13.8 Å². The lowest BCUT2D eigenvalue weighted by molar-refractivity contribution is 0.0914. The molecule has 0 fully saturated rings. The zero-order chi connectivity index (χ0) is 25.1. The number of hydrogen-bond donors (Lipinski definition) is 3. The number of phenols is 1. The van der Waals surface area contributed by atoms with Crippen molar-refractivity contribution in [2.24, 2.45) is 0 Å². The molecule has 0 radical (unpaired) electrons. The Morgan fingerprint density at radius 2 is 1.44 bits per heavy atom. The molecule has 0 aliphatic rings. The van der Waals surface area contributed by atoms with E-state index in [2.05, 4.69) is 0 Å². The Labute approximate surface area is 201 Å². The fourth-order valence-electron chi connectivity index (χ4n) is 4.70. The van der Waals surface area contributed by atoms with E-state index in [9.17, 15) is 24.3 Å². The van der Waals surface area contributed by atoms with Crippen LogP contribution in [0.4, 0.5) is 0 Å². The van der Waals surface area contributed by atoms with Gasteiger partial charge in [0.05, 0.1) is 0 Å². The van der Waals surface area contributed by atoms with Crippen molar-refractivity contribution in [1.29, 1.82) is 0 Å². The quantitative estimate of drug-likeness (QED) is 0.254. The molecule has 6 heteroatoms. The molecular formula is C28H33O5P. The van der Waals surface area contributed by atoms with Crippen LogP contribution in [0.2, 0.25) is 0 Å². The van der Waals surface area contributed by atoms with Gasteiger partial charge in [-0.15, -0.1) is 0 Å². The molecule has 0 aliphatic heterocycles. The zero-order valence-corrected chi connectivity index (χ0v) is 21.1. The van der Waals surface area contributed by atoms with Gasteiger partial charge in [-0.2, -0.15) is 0 Å². The maximum absolute atomic E-state index is 13.3. The van der Waals surface area contributed by atoms with Crippen molar-refractivity contribution in [2.45, 2.75) is 58.5 Å². The molecule has 0 saturated carbocycles. The lowest BCUT2D eigenvalue weighted by Crippen LogP contribution is -2.37. The van der Waals surface area contributed by atoms with E-state index in [0.29, 0.717) is 18.4 Å². The fraction of sp³-hybridized carbons (Fsp3) is 0.321. The van der Waals surface area contributed by atoms with Crippen LogP contribution in [0.1, 0.15) is 70.4 Å². The molecule has 0 aliphatic carbocycles. The number of aryl methyl sites for hydroxylation is 2. The molecule has 0 aromatic heterocycles. The second kappa shape index (κ2) is 10.3. The highest BCUT2D eigenvalue weighted by atomic mass is 31.2. The minimum atomic E-state index is -4.64. The van der Waals surface area contributed by atoms with E-state index in [1.807, 2.05) is 56.3 Å². The predicted molar refractivity (Wildman–Crippen MR) is 136 cm³/mol. The van der Waals surface area contributed by atoms with E-state index in [4.69, 9.17) is 0 Å². The van der Waals surface area contributed by atoms with Crippen LogP contribution < -0.4 is 0 Å². The first-order valence-corrected chi connectivity index (χ1v) is 13.2. The van der Waals surface area contributed by atoms with Crippen LogP contribution in [-0.4, -0.2) is 25.8 Å². The minimum absolute atomic E-state index is 0.0736. The lowest BCUT2D eigenvalue weighted by atomic mass is 9.87. The SMILES string of the molecule is CCC(CC)(C(=O)c1cc(C)c(Cc2ccc(O)c(Cc3ccccc3)c2)c(C)c1)P(=O)(O)O. The summed E-state index contributed by atoms with van der Waals surface area (Å²) in [6.07, 6.45) is 1.40. The summed E-state index contributed by atoms with van der Waals surface area (Å²) in [5.41, 5.74) is 6.19. The summed E-state index contributed by atoms with van der Waals surface area (Å²) in [5, 5.41) is 8.66. The van der Waals surface area contributed by atoms with Gasteiger partial charge in [0, 0.05) is 12.0 Å². The van der Waals surface area contributed by atoms with Crippen molar-refractivity contribution in [3.8, 4) is 5.75 Å². The van der Waals surface area contributed by atoms with Crippen LogP contribution in [-0.2, 0) is 17.4 Å². The summed E-state index contributed by atoms with van der Waals surface area (Å²) in [5.74, 6) is -0.242. The highest BCUT2D eigenvalue weighted by molar-refractivity contribution is 7.55. The van der Waals surface area contributed by atoms with Gasteiger partial charge in [-0.3, -0.25) is 9.36 Å². The molecule has 180 valence electrons. The van der Waals surface area contributed by atoms with E-state index >= 15 is 0 Å². The maximum atomic E-state index is 13.3. The van der Waals surface area contributed by atoms with Gasteiger partial charge in [0.2, 0.25) is 0 Å². The van der Waals surface area contributed by atoms with Crippen molar-refractivity contribution < 1.29 is 24.3 Å². The third kappa shape index (κ3) is 5.17. The van der Waals surface area contributed by atoms with E-state index < -0.39 is 18.5 Å². The van der Waals surface area contributed by atoms with E-state index in [0.717, 1.165) is 33.4 Å². The van der Waals surface area contributed by atoms with Crippen LogP contribution in [0.3, 0.4) is 0 Å². The Morgan fingerprint density at radius 1 is 0.853 bits per heavy atom. The van der Waals surface area contributed by atoms with Crippen molar-refractivity contribution >= 4 is 13.4 Å². The number of Topliss-reactive ketones (excluding diaryl/α,β-unsaturated/α-hetero) is 1. The smallest absolute Gasteiger partial charge is 0.339 e. The van der Waals surface area contributed by atoms with Gasteiger partial charge in [0.1, 0.15) is 10.9 Å². The molecule has 3 N–H and O–H groups in total. The molecule has 3 aromatic rings. The Bertz CT molecular complexity index is 1200. The number of carbonyl (C=O) groups excluding carboxylic acids is 1. The average Bonchev–Trinajstić information content (AvgIpc) is 2.79. The summed E-state index contributed by atoms with van der Waals surface area (Å²) in [7, 11) is -4.64. The van der Waals surface area contributed by atoms with Crippen LogP contribution in [0.25, 0.3) is 0 Å². The summed E-state index contributed by atoms with van der Waals surface area (Å²) in [4.78, 5) is 33.2. The topological polar surface area (TPSA) is 94.8 Å². The van der Waals surface area contributed by atoms with E-state index in [1.54, 1.807) is 32.0 Å². The first kappa shape index (κ1) is 25.9. The second-order valence-corrected chi connectivity index (χ2v) is 10.9. The Morgan fingerprint density at radius 3 is 1.97 bits per heavy atom. The number of phenolic OH excluding ortho intramolecular Hbond substituents is 1. The Balaban J connectivity index is 1.93. The van der Waals surface area contributed by atoms with Crippen molar-refractivity contribution in [2.75, 3.05) is 0 Å². The average molecular weight is 481 g/mol. The van der Waals surface area contributed by atoms with Gasteiger partial charge in [0.15, 0.2) is 5.78 Å². The van der Waals surface area contributed by atoms with Crippen molar-refractivity contribution in [3.63, 3.8) is 0 Å². The first-order valence-electron chi connectivity index (χ1n) is 11.6. The first-order chi connectivity index (χ1) is 16.0. The number of rotatable bonds is 9. The van der Waals surface area contributed by atoms with Gasteiger partial charge in [-0.1, -0.05) is 56.3 Å². The third-order valence-electron chi connectivity index (χ3n) is 6.87. The molecule has 34 heavy (non-hydrogen) atoms. The molecule has 0 atom stereocenters. The monoisotopic (exact) mass is 480 g/mol. The summed E-state index contributed by atoms with van der Waals surface area (Å²) >= 11 is 0. The van der Waals surface area contributed by atoms with Crippen LogP contribution in [0.5, 0.6) is 5.75 Å². The number of ketones is 1. The highest BCUT2D eigenvalue weighted by Crippen LogP contribution is 2.56. The Hall–Kier alpha value is -2.72. The van der Waals surface area contributed by atoms with Gasteiger partial charge < -0.3 is 14.9 Å². The van der Waals surface area contributed by atoms with Gasteiger partial charge >= 0.3 is 7.60 Å². The van der Waals surface area contributed by atoms with Gasteiger partial charge in [-0.25, -0.2) is 0 Å². The molecule has 0 saturated heterocycles. The predicted octanol–water partition coefficient (Wildman–Crippen LogP) is 6.11. The van der Waals surface area contributed by atoms with Crippen molar-refractivity contribution in [1.82, 2.24) is 0 Å². The number of carbonyl (C=O) groups is 1. The lowest BCUT2D eigenvalue weighted by Gasteiger charge is -2.31. The Kier molecular flexibility index (Phi) is 7.82. The zero-order valence-electron chi connectivity index (χ0n) is 20.2. The molecule has 3 rings (SSSR count). The van der Waals surface area contributed by atoms with Gasteiger partial charge in [0.25, 0.3) is 0 Å². The normalized spacial score (nSPS) is 12.1. The van der Waals surface area contributed by atoms with Gasteiger partial charge in [-0.05, 0) is 84.7 Å². The molecule has 5 nitrogen and oxygen atoms in total. The fourth-order valence-corrected chi connectivity index (χ4v) is 5.92. The highest BCUT2D eigenvalue weighted by Gasteiger charge is 2.50. The molecule has 0 amide bonds. The summed E-state index contributed by atoms with van der Waals surface area (Å²) in [6, 6.07) is 19.1. The molecule has 0 spiro atoms.